The summed E-state index contributed by atoms with van der Waals surface area (Å²) < 4.78 is 19.5. The molecule has 0 amide bonds. The minimum absolute atomic E-state index is 0.225. The maximum Gasteiger partial charge on any atom is 0.127 e. The van der Waals surface area contributed by atoms with E-state index in [0.717, 1.165) is 42.0 Å². The summed E-state index contributed by atoms with van der Waals surface area (Å²) in [7, 11) is 0. The fraction of sp³-hybridized carbons (Fsp3) is 0.222. The number of nitrogens with one attached hydrogen (secondary N) is 1. The summed E-state index contributed by atoms with van der Waals surface area (Å²) in [4.78, 5) is 0. The van der Waals surface area contributed by atoms with E-state index in [2.05, 4.69) is 11.4 Å². The zero-order valence-electron chi connectivity index (χ0n) is 11.8. The molecule has 0 spiro atoms. The van der Waals surface area contributed by atoms with E-state index >= 15 is 0 Å². The Hall–Kier alpha value is -2.13. The first-order valence-electron chi connectivity index (χ1n) is 7.19. The van der Waals surface area contributed by atoms with Crippen molar-refractivity contribution in [1.82, 2.24) is 5.32 Å². The van der Waals surface area contributed by atoms with Crippen LogP contribution in [-0.4, -0.2) is 13.1 Å². The molecule has 0 aromatic heterocycles. The lowest BCUT2D eigenvalue weighted by atomic mass is 9.99. The van der Waals surface area contributed by atoms with Gasteiger partial charge in [-0.2, -0.15) is 0 Å². The molecule has 2 nitrogen and oxygen atoms in total. The number of rotatable bonds is 4. The molecule has 0 saturated heterocycles. The summed E-state index contributed by atoms with van der Waals surface area (Å²) >= 11 is 0. The van der Waals surface area contributed by atoms with Gasteiger partial charge in [0.25, 0.3) is 0 Å². The van der Waals surface area contributed by atoms with Gasteiger partial charge >= 0.3 is 0 Å². The van der Waals surface area contributed by atoms with Gasteiger partial charge in [-0.15, -0.1) is 0 Å². The Balaban J connectivity index is 1.82. The number of ether oxygens (including phenoxy) is 1. The molecule has 0 unspecified atom stereocenters. The number of halogens is 1. The highest BCUT2D eigenvalue weighted by Crippen LogP contribution is 2.30. The molecule has 21 heavy (non-hydrogen) atoms. The summed E-state index contributed by atoms with van der Waals surface area (Å²) in [5.41, 5.74) is 3.12. The normalized spacial score (nSPS) is 14.6. The van der Waals surface area contributed by atoms with E-state index in [1.165, 1.54) is 6.07 Å². The van der Waals surface area contributed by atoms with Crippen molar-refractivity contribution in [2.45, 2.75) is 13.0 Å². The molecular formula is C18H18FNO. The zero-order valence-corrected chi connectivity index (χ0v) is 11.8. The molecule has 3 heteroatoms. The van der Waals surface area contributed by atoms with E-state index in [4.69, 9.17) is 4.74 Å². The third-order valence-corrected chi connectivity index (χ3v) is 3.59. The molecule has 0 bridgehead atoms. The van der Waals surface area contributed by atoms with E-state index in [1.807, 2.05) is 30.3 Å². The van der Waals surface area contributed by atoms with E-state index < -0.39 is 0 Å². The minimum atomic E-state index is -0.225. The predicted molar refractivity (Wildman–Crippen MR) is 82.6 cm³/mol. The van der Waals surface area contributed by atoms with Crippen LogP contribution < -0.4 is 10.1 Å². The van der Waals surface area contributed by atoms with Gasteiger partial charge in [-0.05, 0) is 42.3 Å². The minimum Gasteiger partial charge on any atom is -0.488 e. The molecule has 2 aromatic rings. The van der Waals surface area contributed by atoms with Crippen molar-refractivity contribution in [3.05, 3.63) is 71.6 Å². The number of hydrogen-bond donors (Lipinski definition) is 1. The van der Waals surface area contributed by atoms with Crippen molar-refractivity contribution >= 4 is 5.57 Å². The van der Waals surface area contributed by atoms with Crippen LogP contribution in [-0.2, 0) is 6.61 Å². The van der Waals surface area contributed by atoms with Crippen molar-refractivity contribution in [3.63, 3.8) is 0 Å². The Morgan fingerprint density at radius 3 is 2.71 bits per heavy atom. The second kappa shape index (κ2) is 6.55. The largest absolute Gasteiger partial charge is 0.488 e. The van der Waals surface area contributed by atoms with Gasteiger partial charge in [0, 0.05) is 12.1 Å². The average molecular weight is 283 g/mol. The topological polar surface area (TPSA) is 21.3 Å². The molecule has 0 atom stereocenters. The SMILES string of the molecule is Fc1ccc(OCc2ccccc2)c(C2=CCNCC2)c1. The van der Waals surface area contributed by atoms with Crippen LogP contribution in [0, 0.1) is 5.82 Å². The molecule has 3 rings (SSSR count). The molecule has 1 N–H and O–H groups in total. The van der Waals surface area contributed by atoms with Crippen molar-refractivity contribution in [1.29, 1.82) is 0 Å². The lowest BCUT2D eigenvalue weighted by molar-refractivity contribution is 0.304. The van der Waals surface area contributed by atoms with E-state index in [-0.39, 0.29) is 5.82 Å². The molecule has 1 aliphatic heterocycles. The fourth-order valence-electron chi connectivity index (χ4n) is 2.48. The van der Waals surface area contributed by atoms with Crippen LogP contribution in [0.4, 0.5) is 4.39 Å². The molecule has 1 heterocycles. The molecule has 0 fully saturated rings. The van der Waals surface area contributed by atoms with E-state index in [0.29, 0.717) is 6.61 Å². The lowest BCUT2D eigenvalue weighted by Crippen LogP contribution is -2.20. The van der Waals surface area contributed by atoms with Gasteiger partial charge in [0.2, 0.25) is 0 Å². The summed E-state index contributed by atoms with van der Waals surface area (Å²) in [6.45, 7) is 2.23. The maximum atomic E-state index is 13.6. The van der Waals surface area contributed by atoms with Crippen molar-refractivity contribution in [3.8, 4) is 5.75 Å². The van der Waals surface area contributed by atoms with Crippen LogP contribution in [0.3, 0.4) is 0 Å². The van der Waals surface area contributed by atoms with Crippen molar-refractivity contribution in [2.75, 3.05) is 13.1 Å². The molecule has 0 aliphatic carbocycles. The monoisotopic (exact) mass is 283 g/mol. The average Bonchev–Trinajstić information content (AvgIpc) is 2.55. The summed E-state index contributed by atoms with van der Waals surface area (Å²) in [6, 6.07) is 14.7. The van der Waals surface area contributed by atoms with Crippen LogP contribution in [0.1, 0.15) is 17.5 Å². The molecule has 108 valence electrons. The predicted octanol–water partition coefficient (Wildman–Crippen LogP) is 3.78. The Bertz CT molecular complexity index is 637. The smallest absolute Gasteiger partial charge is 0.127 e. The standard InChI is InChI=1S/C18H18FNO/c19-16-6-7-18(21-13-14-4-2-1-3-5-14)17(12-16)15-8-10-20-11-9-15/h1-8,12,20H,9-11,13H2. The van der Waals surface area contributed by atoms with Crippen molar-refractivity contribution < 1.29 is 9.13 Å². The van der Waals surface area contributed by atoms with Gasteiger partial charge in [0.05, 0.1) is 0 Å². The first kappa shape index (κ1) is 13.8. The first-order valence-corrected chi connectivity index (χ1v) is 7.19. The summed E-state index contributed by atoms with van der Waals surface area (Å²) in [5, 5.41) is 3.27. The highest BCUT2D eigenvalue weighted by Gasteiger charge is 2.12. The Morgan fingerprint density at radius 1 is 1.10 bits per heavy atom. The van der Waals surface area contributed by atoms with E-state index in [1.54, 1.807) is 12.1 Å². The molecule has 2 aromatic carbocycles. The zero-order chi connectivity index (χ0) is 14.5. The molecular weight excluding hydrogens is 265 g/mol. The third-order valence-electron chi connectivity index (χ3n) is 3.59. The second-order valence-electron chi connectivity index (χ2n) is 5.10. The Morgan fingerprint density at radius 2 is 1.95 bits per heavy atom. The second-order valence-corrected chi connectivity index (χ2v) is 5.10. The van der Waals surface area contributed by atoms with Crippen LogP contribution in [0.25, 0.3) is 5.57 Å². The van der Waals surface area contributed by atoms with E-state index in [9.17, 15) is 4.39 Å². The van der Waals surface area contributed by atoms with Gasteiger partial charge in [-0.1, -0.05) is 36.4 Å². The maximum absolute atomic E-state index is 13.6. The van der Waals surface area contributed by atoms with Crippen molar-refractivity contribution in [2.24, 2.45) is 0 Å². The van der Waals surface area contributed by atoms with Gasteiger partial charge in [-0.25, -0.2) is 4.39 Å². The van der Waals surface area contributed by atoms with Gasteiger partial charge in [0.15, 0.2) is 0 Å². The Labute approximate surface area is 124 Å². The van der Waals surface area contributed by atoms with Crippen LogP contribution >= 0.6 is 0 Å². The van der Waals surface area contributed by atoms with Gasteiger partial charge in [0.1, 0.15) is 18.2 Å². The highest BCUT2D eigenvalue weighted by molar-refractivity contribution is 5.71. The highest BCUT2D eigenvalue weighted by atomic mass is 19.1. The lowest BCUT2D eigenvalue weighted by Gasteiger charge is -2.18. The Kier molecular flexibility index (Phi) is 4.31. The molecule has 0 radical (unpaired) electrons. The number of hydrogen-bond acceptors (Lipinski definition) is 2. The van der Waals surface area contributed by atoms with Gasteiger partial charge in [-0.3, -0.25) is 0 Å². The summed E-state index contributed by atoms with van der Waals surface area (Å²) in [5.74, 6) is 0.518. The van der Waals surface area contributed by atoms with Crippen LogP contribution in [0.15, 0.2) is 54.6 Å². The van der Waals surface area contributed by atoms with Crippen LogP contribution in [0.2, 0.25) is 0 Å². The number of benzene rings is 2. The van der Waals surface area contributed by atoms with Crippen LogP contribution in [0.5, 0.6) is 5.75 Å². The van der Waals surface area contributed by atoms with Gasteiger partial charge < -0.3 is 10.1 Å². The molecule has 0 saturated carbocycles. The fourth-order valence-corrected chi connectivity index (χ4v) is 2.48. The quantitative estimate of drug-likeness (QED) is 0.922. The first-order chi connectivity index (χ1) is 10.3. The molecule has 1 aliphatic rings. The summed E-state index contributed by atoms with van der Waals surface area (Å²) in [6.07, 6.45) is 3.00. The third kappa shape index (κ3) is 3.50.